The van der Waals surface area contributed by atoms with E-state index in [9.17, 15) is 14.9 Å². The lowest BCUT2D eigenvalue weighted by molar-refractivity contribution is -0.137. The summed E-state index contributed by atoms with van der Waals surface area (Å²) in [5.74, 6) is -0.0840. The molecule has 1 aromatic rings. The summed E-state index contributed by atoms with van der Waals surface area (Å²) in [4.78, 5) is 25.7. The van der Waals surface area contributed by atoms with Crippen molar-refractivity contribution in [3.63, 3.8) is 0 Å². The molecule has 1 heterocycles. The van der Waals surface area contributed by atoms with Gasteiger partial charge in [-0.25, -0.2) is 9.59 Å². The summed E-state index contributed by atoms with van der Waals surface area (Å²) in [6.45, 7) is 8.35. The molecule has 1 aromatic carbocycles. The Bertz CT molecular complexity index is 804. The first kappa shape index (κ1) is 22.3. The zero-order valence-electron chi connectivity index (χ0n) is 17.4. The van der Waals surface area contributed by atoms with Crippen LogP contribution in [0.2, 0.25) is 0 Å². The molecule has 156 valence electrons. The quantitative estimate of drug-likeness (QED) is 0.531. The molecule has 0 unspecified atom stereocenters. The summed E-state index contributed by atoms with van der Waals surface area (Å²) in [6.07, 6.45) is 4.16. The minimum Gasteiger partial charge on any atom is -0.489 e. The van der Waals surface area contributed by atoms with Gasteiger partial charge in [0.2, 0.25) is 0 Å². The molecular weight excluding hydrogens is 372 g/mol. The van der Waals surface area contributed by atoms with E-state index in [1.165, 1.54) is 6.08 Å². The fourth-order valence-corrected chi connectivity index (χ4v) is 3.03. The molecule has 0 N–H and O–H groups in total. The van der Waals surface area contributed by atoms with Crippen LogP contribution in [-0.2, 0) is 14.3 Å². The number of likely N-dealkylation sites (tertiary alicyclic amines) is 1. The van der Waals surface area contributed by atoms with Gasteiger partial charge in [-0.1, -0.05) is 12.1 Å². The van der Waals surface area contributed by atoms with Gasteiger partial charge < -0.3 is 19.1 Å². The molecular formula is C22H28N2O5. The number of nitriles is 1. The summed E-state index contributed by atoms with van der Waals surface area (Å²) >= 11 is 0. The smallest absolute Gasteiger partial charge is 0.410 e. The van der Waals surface area contributed by atoms with Gasteiger partial charge in [0.25, 0.3) is 0 Å². The standard InChI is InChI=1S/C22H28N2O5/c1-5-27-19(25)12-11-16-8-6-9-17(14-23)20(16)28-15-18-10-7-13-24(18)21(26)29-22(2,3)4/h6,8-9,11-12,18H,5,7,10,13,15H2,1-4H3/t18-/m1/s1. The van der Waals surface area contributed by atoms with Gasteiger partial charge in [-0.2, -0.15) is 5.26 Å². The van der Waals surface area contributed by atoms with E-state index in [2.05, 4.69) is 6.07 Å². The van der Waals surface area contributed by atoms with E-state index in [1.807, 2.05) is 20.8 Å². The first-order chi connectivity index (χ1) is 13.7. The lowest BCUT2D eigenvalue weighted by Crippen LogP contribution is -2.42. The second-order valence-electron chi connectivity index (χ2n) is 7.70. The molecule has 0 radical (unpaired) electrons. The summed E-state index contributed by atoms with van der Waals surface area (Å²) in [5.41, 5.74) is 0.389. The van der Waals surface area contributed by atoms with Crippen molar-refractivity contribution in [2.75, 3.05) is 19.8 Å². The third-order valence-electron chi connectivity index (χ3n) is 4.28. The number of hydrogen-bond acceptors (Lipinski definition) is 6. The second kappa shape index (κ2) is 9.97. The Morgan fingerprint density at radius 1 is 1.34 bits per heavy atom. The van der Waals surface area contributed by atoms with Crippen LogP contribution in [0.3, 0.4) is 0 Å². The van der Waals surface area contributed by atoms with Crippen LogP contribution in [0.5, 0.6) is 5.75 Å². The molecule has 1 aliphatic heterocycles. The van der Waals surface area contributed by atoms with E-state index >= 15 is 0 Å². The van der Waals surface area contributed by atoms with E-state index in [4.69, 9.17) is 14.2 Å². The fraction of sp³-hybridized carbons (Fsp3) is 0.500. The van der Waals surface area contributed by atoms with Crippen LogP contribution in [-0.4, -0.2) is 48.4 Å². The number of amides is 1. The molecule has 0 aromatic heterocycles. The SMILES string of the molecule is CCOC(=O)C=Cc1cccc(C#N)c1OC[C@H]1CCCN1C(=O)OC(C)(C)C. The van der Waals surface area contributed by atoms with Crippen molar-refractivity contribution in [2.24, 2.45) is 0 Å². The number of nitrogens with zero attached hydrogens (tertiary/aromatic N) is 2. The highest BCUT2D eigenvalue weighted by molar-refractivity contribution is 5.87. The number of ether oxygens (including phenoxy) is 3. The van der Waals surface area contributed by atoms with Gasteiger partial charge in [0.05, 0.1) is 18.2 Å². The Morgan fingerprint density at radius 2 is 2.10 bits per heavy atom. The molecule has 7 nitrogen and oxygen atoms in total. The van der Waals surface area contributed by atoms with Crippen molar-refractivity contribution in [2.45, 2.75) is 52.2 Å². The maximum Gasteiger partial charge on any atom is 0.410 e. The topological polar surface area (TPSA) is 88.9 Å². The van der Waals surface area contributed by atoms with Crippen LogP contribution >= 0.6 is 0 Å². The Morgan fingerprint density at radius 3 is 2.76 bits per heavy atom. The Balaban J connectivity index is 2.14. The lowest BCUT2D eigenvalue weighted by atomic mass is 10.1. The van der Waals surface area contributed by atoms with E-state index < -0.39 is 11.6 Å². The molecule has 7 heteroatoms. The monoisotopic (exact) mass is 400 g/mol. The van der Waals surface area contributed by atoms with Crippen LogP contribution in [0.25, 0.3) is 6.08 Å². The largest absolute Gasteiger partial charge is 0.489 e. The molecule has 1 amide bonds. The Labute approximate surface area is 171 Å². The molecule has 29 heavy (non-hydrogen) atoms. The summed E-state index contributed by atoms with van der Waals surface area (Å²) < 4.78 is 16.3. The van der Waals surface area contributed by atoms with Gasteiger partial charge in [-0.15, -0.1) is 0 Å². The highest BCUT2D eigenvalue weighted by atomic mass is 16.6. The third-order valence-corrected chi connectivity index (χ3v) is 4.28. The number of esters is 1. The van der Waals surface area contributed by atoms with Crippen molar-refractivity contribution in [3.05, 3.63) is 35.4 Å². The molecule has 1 aliphatic rings. The number of para-hydroxylation sites is 1. The zero-order chi connectivity index (χ0) is 21.4. The maximum atomic E-state index is 12.4. The van der Waals surface area contributed by atoms with Crippen LogP contribution in [0.15, 0.2) is 24.3 Å². The first-order valence-corrected chi connectivity index (χ1v) is 9.75. The molecule has 1 fully saturated rings. The minimum absolute atomic E-state index is 0.140. The van der Waals surface area contributed by atoms with Crippen molar-refractivity contribution in [1.82, 2.24) is 4.90 Å². The number of rotatable bonds is 6. The van der Waals surface area contributed by atoms with Crippen molar-refractivity contribution in [3.8, 4) is 11.8 Å². The van der Waals surface area contributed by atoms with E-state index in [0.29, 0.717) is 23.4 Å². The van der Waals surface area contributed by atoms with Crippen molar-refractivity contribution >= 4 is 18.1 Å². The van der Waals surface area contributed by atoms with Crippen molar-refractivity contribution in [1.29, 1.82) is 5.26 Å². The van der Waals surface area contributed by atoms with Gasteiger partial charge in [-0.05, 0) is 52.7 Å². The van der Waals surface area contributed by atoms with E-state index in [0.717, 1.165) is 12.8 Å². The van der Waals surface area contributed by atoms with Gasteiger partial charge in [0.15, 0.2) is 0 Å². The van der Waals surface area contributed by atoms with Crippen molar-refractivity contribution < 1.29 is 23.8 Å². The van der Waals surface area contributed by atoms with Gasteiger partial charge >= 0.3 is 12.1 Å². The van der Waals surface area contributed by atoms with Crippen LogP contribution in [0, 0.1) is 11.3 Å². The summed E-state index contributed by atoms with van der Waals surface area (Å²) in [7, 11) is 0. The lowest BCUT2D eigenvalue weighted by Gasteiger charge is -2.28. The molecule has 2 rings (SSSR count). The van der Waals surface area contributed by atoms with E-state index in [1.54, 1.807) is 36.1 Å². The number of benzene rings is 1. The van der Waals surface area contributed by atoms with Gasteiger partial charge in [-0.3, -0.25) is 0 Å². The second-order valence-corrected chi connectivity index (χ2v) is 7.70. The normalized spacial score (nSPS) is 16.5. The van der Waals surface area contributed by atoms with E-state index in [-0.39, 0.29) is 25.3 Å². The summed E-state index contributed by atoms with van der Waals surface area (Å²) in [5, 5.41) is 9.43. The highest BCUT2D eigenvalue weighted by Crippen LogP contribution is 2.27. The molecule has 0 spiro atoms. The van der Waals surface area contributed by atoms with Crippen LogP contribution in [0.4, 0.5) is 4.79 Å². The molecule has 1 atom stereocenters. The number of carbonyl (C=O) groups is 2. The van der Waals surface area contributed by atoms with Gasteiger partial charge in [0, 0.05) is 18.2 Å². The first-order valence-electron chi connectivity index (χ1n) is 9.75. The summed E-state index contributed by atoms with van der Waals surface area (Å²) in [6, 6.07) is 7.10. The molecule has 0 aliphatic carbocycles. The fourth-order valence-electron chi connectivity index (χ4n) is 3.03. The highest BCUT2D eigenvalue weighted by Gasteiger charge is 2.32. The minimum atomic E-state index is -0.566. The average molecular weight is 400 g/mol. The Hall–Kier alpha value is -3.01. The van der Waals surface area contributed by atoms with Crippen LogP contribution in [0.1, 0.15) is 51.7 Å². The predicted molar refractivity (Wildman–Crippen MR) is 108 cm³/mol. The average Bonchev–Trinajstić information content (AvgIpc) is 3.12. The maximum absolute atomic E-state index is 12.4. The molecule has 1 saturated heterocycles. The third kappa shape index (κ3) is 6.53. The number of hydrogen-bond donors (Lipinski definition) is 0. The number of carbonyl (C=O) groups excluding carboxylic acids is 2. The van der Waals surface area contributed by atoms with Crippen LogP contribution < -0.4 is 4.74 Å². The predicted octanol–water partition coefficient (Wildman–Crippen LogP) is 3.91. The Kier molecular flexibility index (Phi) is 7.66. The molecule has 0 saturated carbocycles. The van der Waals surface area contributed by atoms with Gasteiger partial charge in [0.1, 0.15) is 24.0 Å². The molecule has 0 bridgehead atoms. The zero-order valence-corrected chi connectivity index (χ0v) is 17.4.